The second kappa shape index (κ2) is 3.84. The molecule has 0 bridgehead atoms. The summed E-state index contributed by atoms with van der Waals surface area (Å²) in [5, 5.41) is 0. The zero-order chi connectivity index (χ0) is 12.2. The molecule has 0 aromatic rings. The van der Waals surface area contributed by atoms with Crippen LogP contribution in [0.15, 0.2) is 44.1 Å². The molecule has 0 amide bonds. The first-order valence-electron chi connectivity index (χ1n) is 6.53. The van der Waals surface area contributed by atoms with Gasteiger partial charge in [-0.25, -0.2) is 0 Å². The molecular formula is C16H19I. The second-order valence-corrected chi connectivity index (χ2v) is 7.41. The van der Waals surface area contributed by atoms with Crippen molar-refractivity contribution in [3.05, 3.63) is 44.1 Å². The van der Waals surface area contributed by atoms with Crippen LogP contribution in [0.3, 0.4) is 0 Å². The van der Waals surface area contributed by atoms with Crippen molar-refractivity contribution in [3.8, 4) is 0 Å². The molecule has 0 radical (unpaired) electrons. The molecule has 3 aliphatic rings. The molecule has 0 nitrogen and oxygen atoms in total. The quantitative estimate of drug-likeness (QED) is 0.524. The van der Waals surface area contributed by atoms with Crippen LogP contribution in [0.2, 0.25) is 0 Å². The summed E-state index contributed by atoms with van der Waals surface area (Å²) in [6, 6.07) is 0. The minimum absolute atomic E-state index is 0.229. The smallest absolute Gasteiger partial charge is 0.0152 e. The lowest BCUT2D eigenvalue weighted by atomic mass is 9.77. The molecular weight excluding hydrogens is 319 g/mol. The van der Waals surface area contributed by atoms with E-state index in [1.54, 1.807) is 22.3 Å². The maximum absolute atomic E-state index is 2.51. The monoisotopic (exact) mass is 338 g/mol. The molecule has 0 saturated carbocycles. The minimum atomic E-state index is 0.229. The van der Waals surface area contributed by atoms with Gasteiger partial charge in [0.2, 0.25) is 0 Å². The highest BCUT2D eigenvalue weighted by atomic mass is 127. The molecule has 0 fully saturated rings. The van der Waals surface area contributed by atoms with E-state index in [4.69, 9.17) is 0 Å². The standard InChI is InChI=1S/C16H19I/c1-10-4-6-12-13-7-5-11(17)9-15(13)16(2,3)14(12)8-10/h6,8-10H,4-5,7H2,1-3H3. The summed E-state index contributed by atoms with van der Waals surface area (Å²) >= 11 is 2.50. The molecule has 90 valence electrons. The zero-order valence-corrected chi connectivity index (χ0v) is 13.0. The summed E-state index contributed by atoms with van der Waals surface area (Å²) in [4.78, 5) is 0. The molecule has 1 heteroatoms. The Morgan fingerprint density at radius 3 is 2.82 bits per heavy atom. The Balaban J connectivity index is 2.18. The van der Waals surface area contributed by atoms with Crippen LogP contribution in [0, 0.1) is 11.3 Å². The molecule has 1 atom stereocenters. The summed E-state index contributed by atoms with van der Waals surface area (Å²) in [7, 11) is 0. The van der Waals surface area contributed by atoms with Gasteiger partial charge in [-0.05, 0) is 79.7 Å². The number of allylic oxidation sites excluding steroid dienone is 8. The maximum Gasteiger partial charge on any atom is 0.0152 e. The van der Waals surface area contributed by atoms with Gasteiger partial charge in [0.25, 0.3) is 0 Å². The van der Waals surface area contributed by atoms with Crippen LogP contribution in [-0.2, 0) is 0 Å². The van der Waals surface area contributed by atoms with Crippen LogP contribution in [-0.4, -0.2) is 0 Å². The molecule has 0 N–H and O–H groups in total. The first kappa shape index (κ1) is 11.8. The number of fused-ring (bicyclic) bond motifs is 2. The SMILES string of the molecule is CC1C=C2C(=CC1)C1=C(C=C(I)CC1)C2(C)C. The van der Waals surface area contributed by atoms with Crippen LogP contribution in [0.25, 0.3) is 0 Å². The Morgan fingerprint density at radius 2 is 2.06 bits per heavy atom. The number of hydrogen-bond acceptors (Lipinski definition) is 0. The van der Waals surface area contributed by atoms with Crippen LogP contribution < -0.4 is 0 Å². The topological polar surface area (TPSA) is 0 Å². The van der Waals surface area contributed by atoms with Gasteiger partial charge in [-0.1, -0.05) is 32.9 Å². The largest absolute Gasteiger partial charge is 0.0767 e. The van der Waals surface area contributed by atoms with Gasteiger partial charge in [-0.15, -0.1) is 0 Å². The molecule has 0 aromatic heterocycles. The second-order valence-electron chi connectivity index (χ2n) is 6.02. The van der Waals surface area contributed by atoms with Crippen LogP contribution in [0.1, 0.15) is 40.0 Å². The number of rotatable bonds is 0. The van der Waals surface area contributed by atoms with E-state index in [-0.39, 0.29) is 5.41 Å². The van der Waals surface area contributed by atoms with E-state index in [1.807, 2.05) is 0 Å². The molecule has 1 unspecified atom stereocenters. The summed E-state index contributed by atoms with van der Waals surface area (Å²) in [6.07, 6.45) is 11.1. The first-order valence-corrected chi connectivity index (χ1v) is 7.61. The lowest BCUT2D eigenvalue weighted by Crippen LogP contribution is -2.15. The lowest BCUT2D eigenvalue weighted by molar-refractivity contribution is 0.559. The molecule has 3 rings (SSSR count). The van der Waals surface area contributed by atoms with Gasteiger partial charge in [0, 0.05) is 5.41 Å². The normalized spacial score (nSPS) is 30.4. The van der Waals surface area contributed by atoms with Gasteiger partial charge in [0.1, 0.15) is 0 Å². The minimum Gasteiger partial charge on any atom is -0.0767 e. The van der Waals surface area contributed by atoms with Crippen molar-refractivity contribution in [2.24, 2.45) is 11.3 Å². The Morgan fingerprint density at radius 1 is 1.29 bits per heavy atom. The predicted molar refractivity (Wildman–Crippen MR) is 82.1 cm³/mol. The number of halogens is 1. The third-order valence-electron chi connectivity index (χ3n) is 4.35. The summed E-state index contributed by atoms with van der Waals surface area (Å²) < 4.78 is 1.52. The van der Waals surface area contributed by atoms with E-state index in [1.165, 1.54) is 22.8 Å². The van der Waals surface area contributed by atoms with E-state index in [9.17, 15) is 0 Å². The van der Waals surface area contributed by atoms with Crippen molar-refractivity contribution in [1.29, 1.82) is 0 Å². The van der Waals surface area contributed by atoms with Gasteiger partial charge in [0.05, 0.1) is 0 Å². The summed E-state index contributed by atoms with van der Waals surface area (Å²) in [5.74, 6) is 0.706. The molecule has 0 spiro atoms. The maximum atomic E-state index is 2.51. The highest BCUT2D eigenvalue weighted by molar-refractivity contribution is 14.1. The average Bonchev–Trinajstić information content (AvgIpc) is 2.49. The fourth-order valence-corrected chi connectivity index (χ4v) is 3.95. The Bertz CT molecular complexity index is 498. The number of hydrogen-bond donors (Lipinski definition) is 0. The van der Waals surface area contributed by atoms with E-state index in [2.05, 4.69) is 61.6 Å². The third kappa shape index (κ3) is 1.69. The van der Waals surface area contributed by atoms with Crippen LogP contribution >= 0.6 is 22.6 Å². The van der Waals surface area contributed by atoms with Gasteiger partial charge in [0.15, 0.2) is 0 Å². The van der Waals surface area contributed by atoms with E-state index >= 15 is 0 Å². The molecule has 0 heterocycles. The molecule has 3 aliphatic carbocycles. The molecule has 0 aliphatic heterocycles. The zero-order valence-electron chi connectivity index (χ0n) is 10.8. The highest BCUT2D eigenvalue weighted by Gasteiger charge is 2.41. The third-order valence-corrected chi connectivity index (χ3v) is 5.20. The Hall–Kier alpha value is -0.310. The van der Waals surface area contributed by atoms with E-state index in [0.29, 0.717) is 5.92 Å². The lowest BCUT2D eigenvalue weighted by Gasteiger charge is -2.27. The Kier molecular flexibility index (Phi) is 2.66. The van der Waals surface area contributed by atoms with Crippen LogP contribution in [0.4, 0.5) is 0 Å². The van der Waals surface area contributed by atoms with Crippen molar-refractivity contribution in [2.75, 3.05) is 0 Å². The molecule has 0 saturated heterocycles. The van der Waals surface area contributed by atoms with Crippen molar-refractivity contribution >= 4 is 22.6 Å². The van der Waals surface area contributed by atoms with E-state index < -0.39 is 0 Å². The van der Waals surface area contributed by atoms with E-state index in [0.717, 1.165) is 0 Å². The van der Waals surface area contributed by atoms with Gasteiger partial charge in [-0.3, -0.25) is 0 Å². The van der Waals surface area contributed by atoms with Crippen LogP contribution in [0.5, 0.6) is 0 Å². The van der Waals surface area contributed by atoms with Crippen molar-refractivity contribution in [1.82, 2.24) is 0 Å². The van der Waals surface area contributed by atoms with Gasteiger partial charge in [-0.2, -0.15) is 0 Å². The van der Waals surface area contributed by atoms with Crippen molar-refractivity contribution in [3.63, 3.8) is 0 Å². The molecule has 17 heavy (non-hydrogen) atoms. The fourth-order valence-electron chi connectivity index (χ4n) is 3.36. The highest BCUT2D eigenvalue weighted by Crippen LogP contribution is 2.55. The fraction of sp³-hybridized carbons (Fsp3) is 0.500. The van der Waals surface area contributed by atoms with Gasteiger partial charge >= 0.3 is 0 Å². The summed E-state index contributed by atoms with van der Waals surface area (Å²) in [6.45, 7) is 7.10. The summed E-state index contributed by atoms with van der Waals surface area (Å²) in [5.41, 5.74) is 6.60. The predicted octanol–water partition coefficient (Wildman–Crippen LogP) is 5.33. The van der Waals surface area contributed by atoms with Crippen molar-refractivity contribution in [2.45, 2.75) is 40.0 Å². The first-order chi connectivity index (χ1) is 8.00. The van der Waals surface area contributed by atoms with Crippen molar-refractivity contribution < 1.29 is 0 Å². The molecule has 0 aromatic carbocycles. The average molecular weight is 338 g/mol. The Labute approximate surface area is 118 Å². The van der Waals surface area contributed by atoms with Gasteiger partial charge < -0.3 is 0 Å².